The molecule has 0 radical (unpaired) electrons. The average Bonchev–Trinajstić information content (AvgIpc) is 2.63. The topological polar surface area (TPSA) is 12.9 Å². The Morgan fingerprint density at radius 1 is 1.29 bits per heavy atom. The van der Waals surface area contributed by atoms with Crippen LogP contribution in [0.1, 0.15) is 9.88 Å². The Morgan fingerprint density at radius 2 is 2.07 bits per heavy atom. The van der Waals surface area contributed by atoms with E-state index in [-0.39, 0.29) is 0 Å². The summed E-state index contributed by atoms with van der Waals surface area (Å²) < 4.78 is 0. The standard InChI is InChI=1S/C11H11NS2/c1-9-7-12-11(14-9)8-13-10-5-3-2-4-6-10/h2-7H,8H2,1H3. The first-order valence-corrected chi connectivity index (χ1v) is 6.24. The van der Waals surface area contributed by atoms with Crippen LogP contribution in [-0.2, 0) is 5.75 Å². The Balaban J connectivity index is 1.95. The first kappa shape index (κ1) is 9.74. The summed E-state index contributed by atoms with van der Waals surface area (Å²) >= 11 is 3.61. The Labute approximate surface area is 92.2 Å². The van der Waals surface area contributed by atoms with Crippen LogP contribution in [0.25, 0.3) is 0 Å². The highest BCUT2D eigenvalue weighted by atomic mass is 32.2. The van der Waals surface area contributed by atoms with Crippen molar-refractivity contribution in [3.05, 3.63) is 46.4 Å². The molecule has 72 valence electrons. The zero-order chi connectivity index (χ0) is 9.80. The zero-order valence-corrected chi connectivity index (χ0v) is 9.57. The minimum Gasteiger partial charge on any atom is -0.249 e. The summed E-state index contributed by atoms with van der Waals surface area (Å²) in [6.07, 6.45) is 1.94. The van der Waals surface area contributed by atoms with Crippen molar-refractivity contribution >= 4 is 23.1 Å². The van der Waals surface area contributed by atoms with Gasteiger partial charge < -0.3 is 0 Å². The third-order valence-electron chi connectivity index (χ3n) is 1.77. The Bertz CT molecular complexity index is 395. The molecule has 0 aliphatic rings. The van der Waals surface area contributed by atoms with E-state index in [1.165, 1.54) is 14.8 Å². The summed E-state index contributed by atoms with van der Waals surface area (Å²) in [5.41, 5.74) is 0. The fraction of sp³-hybridized carbons (Fsp3) is 0.182. The highest BCUT2D eigenvalue weighted by Gasteiger charge is 1.99. The molecule has 1 aromatic heterocycles. The van der Waals surface area contributed by atoms with Gasteiger partial charge in [-0.25, -0.2) is 4.98 Å². The van der Waals surface area contributed by atoms with Gasteiger partial charge in [-0.15, -0.1) is 23.1 Å². The molecule has 2 rings (SSSR count). The zero-order valence-electron chi connectivity index (χ0n) is 7.93. The SMILES string of the molecule is Cc1cnc(CSc2ccccc2)s1. The van der Waals surface area contributed by atoms with Crippen LogP contribution in [0.5, 0.6) is 0 Å². The number of rotatable bonds is 3. The Kier molecular flexibility index (Phi) is 3.22. The van der Waals surface area contributed by atoms with Crippen LogP contribution in [0.4, 0.5) is 0 Å². The number of benzene rings is 1. The van der Waals surface area contributed by atoms with Crippen molar-refractivity contribution < 1.29 is 0 Å². The number of aryl methyl sites for hydroxylation is 1. The van der Waals surface area contributed by atoms with Crippen molar-refractivity contribution in [1.82, 2.24) is 4.98 Å². The highest BCUT2D eigenvalue weighted by molar-refractivity contribution is 7.98. The maximum atomic E-state index is 4.33. The number of thiazole rings is 1. The summed E-state index contributed by atoms with van der Waals surface area (Å²) in [5.74, 6) is 0.975. The van der Waals surface area contributed by atoms with Gasteiger partial charge in [-0.2, -0.15) is 0 Å². The van der Waals surface area contributed by atoms with Crippen LogP contribution >= 0.6 is 23.1 Å². The number of hydrogen-bond acceptors (Lipinski definition) is 3. The van der Waals surface area contributed by atoms with Gasteiger partial charge in [-0.1, -0.05) is 18.2 Å². The van der Waals surface area contributed by atoms with Gasteiger partial charge >= 0.3 is 0 Å². The van der Waals surface area contributed by atoms with Crippen molar-refractivity contribution in [2.75, 3.05) is 0 Å². The van der Waals surface area contributed by atoms with E-state index >= 15 is 0 Å². The second kappa shape index (κ2) is 4.62. The largest absolute Gasteiger partial charge is 0.249 e. The van der Waals surface area contributed by atoms with Gasteiger partial charge in [0.05, 0.1) is 5.75 Å². The fourth-order valence-corrected chi connectivity index (χ4v) is 2.84. The molecule has 2 aromatic rings. The third-order valence-corrected chi connectivity index (χ3v) is 3.89. The summed E-state index contributed by atoms with van der Waals surface area (Å²) in [6, 6.07) is 10.4. The van der Waals surface area contributed by atoms with Crippen molar-refractivity contribution in [3.8, 4) is 0 Å². The normalized spacial score (nSPS) is 10.4. The van der Waals surface area contributed by atoms with E-state index in [4.69, 9.17) is 0 Å². The Morgan fingerprint density at radius 3 is 2.71 bits per heavy atom. The lowest BCUT2D eigenvalue weighted by Gasteiger charge is -1.97. The molecule has 0 amide bonds. The van der Waals surface area contributed by atoms with Gasteiger partial charge in [0.1, 0.15) is 5.01 Å². The van der Waals surface area contributed by atoms with E-state index in [9.17, 15) is 0 Å². The monoisotopic (exact) mass is 221 g/mol. The molecule has 0 aliphatic heterocycles. The van der Waals surface area contributed by atoms with Gasteiger partial charge in [0.15, 0.2) is 0 Å². The molecule has 0 saturated heterocycles. The number of aromatic nitrogens is 1. The minimum atomic E-state index is 0.975. The van der Waals surface area contributed by atoms with Crippen molar-refractivity contribution in [2.24, 2.45) is 0 Å². The van der Waals surface area contributed by atoms with Gasteiger partial charge in [-0.3, -0.25) is 0 Å². The van der Waals surface area contributed by atoms with Crippen LogP contribution in [-0.4, -0.2) is 4.98 Å². The molecular weight excluding hydrogens is 210 g/mol. The van der Waals surface area contributed by atoms with Crippen molar-refractivity contribution in [2.45, 2.75) is 17.6 Å². The minimum absolute atomic E-state index is 0.975. The maximum Gasteiger partial charge on any atom is 0.103 e. The van der Waals surface area contributed by atoms with E-state index < -0.39 is 0 Å². The van der Waals surface area contributed by atoms with Gasteiger partial charge in [0.2, 0.25) is 0 Å². The molecule has 1 nitrogen and oxygen atoms in total. The van der Waals surface area contributed by atoms with Crippen molar-refractivity contribution in [3.63, 3.8) is 0 Å². The summed E-state index contributed by atoms with van der Waals surface area (Å²) in [6.45, 7) is 2.09. The molecule has 0 unspecified atom stereocenters. The number of hydrogen-bond donors (Lipinski definition) is 0. The lowest BCUT2D eigenvalue weighted by Crippen LogP contribution is -1.76. The quantitative estimate of drug-likeness (QED) is 0.732. The van der Waals surface area contributed by atoms with E-state index in [0.717, 1.165) is 5.75 Å². The Hall–Kier alpha value is -0.800. The number of nitrogens with zero attached hydrogens (tertiary/aromatic N) is 1. The predicted octanol–water partition coefficient (Wildman–Crippen LogP) is 3.74. The van der Waals surface area contributed by atoms with Crippen LogP contribution < -0.4 is 0 Å². The van der Waals surface area contributed by atoms with Crippen LogP contribution in [0.15, 0.2) is 41.4 Å². The van der Waals surface area contributed by atoms with Crippen LogP contribution in [0.2, 0.25) is 0 Å². The van der Waals surface area contributed by atoms with E-state index in [0.29, 0.717) is 0 Å². The molecule has 0 fully saturated rings. The molecule has 1 heterocycles. The van der Waals surface area contributed by atoms with Gasteiger partial charge in [-0.05, 0) is 19.1 Å². The predicted molar refractivity (Wildman–Crippen MR) is 62.9 cm³/mol. The first-order chi connectivity index (χ1) is 6.84. The molecule has 0 saturated carbocycles. The first-order valence-electron chi connectivity index (χ1n) is 4.44. The smallest absolute Gasteiger partial charge is 0.103 e. The average molecular weight is 221 g/mol. The second-order valence-electron chi connectivity index (χ2n) is 2.97. The molecule has 0 atom stereocenters. The lowest BCUT2D eigenvalue weighted by molar-refractivity contribution is 1.25. The van der Waals surface area contributed by atoms with E-state index in [1.54, 1.807) is 11.3 Å². The third kappa shape index (κ3) is 2.59. The molecule has 0 aliphatic carbocycles. The van der Waals surface area contributed by atoms with E-state index in [2.05, 4.69) is 36.2 Å². The number of thioether (sulfide) groups is 1. The van der Waals surface area contributed by atoms with Crippen molar-refractivity contribution in [1.29, 1.82) is 0 Å². The van der Waals surface area contributed by atoms with Gasteiger partial charge in [0, 0.05) is 16.0 Å². The fourth-order valence-electron chi connectivity index (χ4n) is 1.13. The molecule has 14 heavy (non-hydrogen) atoms. The van der Waals surface area contributed by atoms with Crippen LogP contribution in [0.3, 0.4) is 0 Å². The lowest BCUT2D eigenvalue weighted by atomic mass is 10.4. The summed E-state index contributed by atoms with van der Waals surface area (Å²) in [7, 11) is 0. The van der Waals surface area contributed by atoms with E-state index in [1.807, 2.05) is 24.0 Å². The molecule has 3 heteroatoms. The molecule has 1 aromatic carbocycles. The second-order valence-corrected chi connectivity index (χ2v) is 5.33. The summed E-state index contributed by atoms with van der Waals surface area (Å²) in [4.78, 5) is 6.92. The summed E-state index contributed by atoms with van der Waals surface area (Å²) in [5, 5.41) is 1.20. The van der Waals surface area contributed by atoms with Gasteiger partial charge in [0.25, 0.3) is 0 Å². The molecule has 0 N–H and O–H groups in total. The van der Waals surface area contributed by atoms with Crippen LogP contribution in [0, 0.1) is 6.92 Å². The maximum absolute atomic E-state index is 4.33. The molecule has 0 bridgehead atoms. The molecular formula is C11H11NS2. The molecule has 0 spiro atoms. The highest BCUT2D eigenvalue weighted by Crippen LogP contribution is 2.24.